The predicted molar refractivity (Wildman–Crippen MR) is 47.9 cm³/mol. The second-order valence-corrected chi connectivity index (χ2v) is 5.44. The second kappa shape index (κ2) is 4.45. The SMILES string of the molecule is CC1COP(OP2OCC(C)O2)O1. The van der Waals surface area contributed by atoms with Gasteiger partial charge in [-0.1, -0.05) is 0 Å². The van der Waals surface area contributed by atoms with Crippen LogP contribution < -0.4 is 0 Å². The van der Waals surface area contributed by atoms with Crippen LogP contribution in [0.5, 0.6) is 0 Å². The van der Waals surface area contributed by atoms with Gasteiger partial charge in [-0.25, -0.2) is 4.31 Å². The van der Waals surface area contributed by atoms with Gasteiger partial charge in [-0.15, -0.1) is 0 Å². The quantitative estimate of drug-likeness (QED) is 0.676. The molecule has 0 spiro atoms. The molecule has 4 unspecified atom stereocenters. The largest absolute Gasteiger partial charge is 0.340 e. The molecule has 2 rings (SSSR count). The fourth-order valence-corrected chi connectivity index (χ4v) is 3.50. The van der Waals surface area contributed by atoms with Gasteiger partial charge in [0.2, 0.25) is 0 Å². The fourth-order valence-electron chi connectivity index (χ4n) is 0.887. The lowest BCUT2D eigenvalue weighted by Gasteiger charge is -2.11. The third-order valence-electron chi connectivity index (χ3n) is 1.49. The van der Waals surface area contributed by atoms with Gasteiger partial charge in [-0.3, -0.25) is 0 Å². The minimum atomic E-state index is -1.24. The van der Waals surface area contributed by atoms with Crippen molar-refractivity contribution in [1.29, 1.82) is 0 Å². The van der Waals surface area contributed by atoms with Crippen molar-refractivity contribution >= 4 is 17.2 Å². The summed E-state index contributed by atoms with van der Waals surface area (Å²) in [5, 5.41) is 0. The van der Waals surface area contributed by atoms with Crippen molar-refractivity contribution in [3.05, 3.63) is 0 Å². The molecule has 2 heterocycles. The first-order valence-corrected chi connectivity index (χ1v) is 6.31. The zero-order valence-corrected chi connectivity index (χ0v) is 9.29. The van der Waals surface area contributed by atoms with Crippen LogP contribution in [0.15, 0.2) is 0 Å². The summed E-state index contributed by atoms with van der Waals surface area (Å²) in [6, 6.07) is 0. The highest BCUT2D eigenvalue weighted by Crippen LogP contribution is 2.60. The molecule has 0 bridgehead atoms. The molecule has 0 radical (unpaired) electrons. The standard InChI is InChI=1S/C6H12O5P2/c1-5-3-7-12(9-5)11-13-8-4-6(2)10-13/h5-6H,3-4H2,1-2H3. The zero-order valence-electron chi connectivity index (χ0n) is 7.50. The molecule has 13 heavy (non-hydrogen) atoms. The topological polar surface area (TPSA) is 46.2 Å². The Kier molecular flexibility index (Phi) is 3.49. The normalized spacial score (nSPS) is 45.7. The first-order chi connectivity index (χ1) is 6.24. The number of rotatable bonds is 2. The second-order valence-electron chi connectivity index (χ2n) is 2.95. The van der Waals surface area contributed by atoms with Gasteiger partial charge in [-0.05, 0) is 13.8 Å². The van der Waals surface area contributed by atoms with Crippen LogP contribution in [0, 0.1) is 0 Å². The molecule has 5 nitrogen and oxygen atoms in total. The van der Waals surface area contributed by atoms with Crippen LogP contribution in [0.1, 0.15) is 13.8 Å². The van der Waals surface area contributed by atoms with E-state index < -0.39 is 17.2 Å². The van der Waals surface area contributed by atoms with E-state index in [1.54, 1.807) is 0 Å². The zero-order chi connectivity index (χ0) is 9.26. The number of hydrogen-bond acceptors (Lipinski definition) is 5. The average molecular weight is 226 g/mol. The maximum absolute atomic E-state index is 5.35. The third-order valence-corrected chi connectivity index (χ3v) is 4.35. The smallest absolute Gasteiger partial charge is 0.309 e. The van der Waals surface area contributed by atoms with Gasteiger partial charge >= 0.3 is 17.2 Å². The molecule has 4 atom stereocenters. The van der Waals surface area contributed by atoms with E-state index >= 15 is 0 Å². The lowest BCUT2D eigenvalue weighted by atomic mass is 10.5. The molecule has 2 fully saturated rings. The van der Waals surface area contributed by atoms with Gasteiger partial charge in [0, 0.05) is 0 Å². The van der Waals surface area contributed by atoms with Crippen molar-refractivity contribution < 1.29 is 22.4 Å². The van der Waals surface area contributed by atoms with Gasteiger partial charge in [0.05, 0.1) is 25.4 Å². The van der Waals surface area contributed by atoms with Gasteiger partial charge in [0.25, 0.3) is 0 Å². The molecule has 0 aromatic rings. The first kappa shape index (κ1) is 10.2. The summed E-state index contributed by atoms with van der Waals surface area (Å²) in [6.07, 6.45) is 0.224. The molecule has 0 N–H and O–H groups in total. The van der Waals surface area contributed by atoms with Gasteiger partial charge in [0.15, 0.2) is 0 Å². The van der Waals surface area contributed by atoms with Gasteiger partial charge in [-0.2, -0.15) is 0 Å². The van der Waals surface area contributed by atoms with Crippen molar-refractivity contribution in [2.45, 2.75) is 26.1 Å². The van der Waals surface area contributed by atoms with E-state index in [1.165, 1.54) is 0 Å². The van der Waals surface area contributed by atoms with E-state index in [1.807, 2.05) is 13.8 Å². The lowest BCUT2D eigenvalue weighted by molar-refractivity contribution is 0.245. The van der Waals surface area contributed by atoms with Crippen LogP contribution in [-0.4, -0.2) is 25.4 Å². The lowest BCUT2D eigenvalue weighted by Crippen LogP contribution is -2.00. The highest BCUT2D eigenvalue weighted by atomic mass is 31.2. The molecule has 2 saturated heterocycles. The van der Waals surface area contributed by atoms with E-state index in [0.717, 1.165) is 0 Å². The number of hydrogen-bond donors (Lipinski definition) is 0. The Hall–Kier alpha value is 0.660. The molecule has 76 valence electrons. The summed E-state index contributed by atoms with van der Waals surface area (Å²) in [5.41, 5.74) is 0. The molecule has 0 aliphatic carbocycles. The van der Waals surface area contributed by atoms with Crippen molar-refractivity contribution in [3.8, 4) is 0 Å². The Morgan fingerprint density at radius 3 is 1.77 bits per heavy atom. The molecule has 2 aliphatic rings. The van der Waals surface area contributed by atoms with E-state index in [0.29, 0.717) is 13.2 Å². The van der Waals surface area contributed by atoms with Crippen molar-refractivity contribution in [2.75, 3.05) is 13.2 Å². The molecular formula is C6H12O5P2. The maximum Gasteiger partial charge on any atom is 0.340 e. The minimum Gasteiger partial charge on any atom is -0.309 e. The van der Waals surface area contributed by atoms with E-state index in [-0.39, 0.29) is 12.2 Å². The fraction of sp³-hybridized carbons (Fsp3) is 1.00. The summed E-state index contributed by atoms with van der Waals surface area (Å²) < 4.78 is 26.5. The highest BCUT2D eigenvalue weighted by molar-refractivity contribution is 7.55. The van der Waals surface area contributed by atoms with Crippen LogP contribution in [0.4, 0.5) is 0 Å². The van der Waals surface area contributed by atoms with E-state index in [9.17, 15) is 0 Å². The van der Waals surface area contributed by atoms with Crippen molar-refractivity contribution in [2.24, 2.45) is 0 Å². The van der Waals surface area contributed by atoms with Gasteiger partial charge in [0.1, 0.15) is 0 Å². The van der Waals surface area contributed by atoms with Crippen LogP contribution in [0.2, 0.25) is 0 Å². The van der Waals surface area contributed by atoms with E-state index in [2.05, 4.69) is 0 Å². The van der Waals surface area contributed by atoms with Gasteiger partial charge < -0.3 is 18.1 Å². The summed E-state index contributed by atoms with van der Waals surface area (Å²) in [6.45, 7) is 5.06. The first-order valence-electron chi connectivity index (χ1n) is 4.12. The summed E-state index contributed by atoms with van der Waals surface area (Å²) in [7, 11) is -2.47. The molecule has 7 heteroatoms. The molecule has 0 aromatic carbocycles. The van der Waals surface area contributed by atoms with Crippen molar-refractivity contribution in [3.63, 3.8) is 0 Å². The van der Waals surface area contributed by atoms with Crippen LogP contribution in [0.25, 0.3) is 0 Å². The highest BCUT2D eigenvalue weighted by Gasteiger charge is 2.34. The average Bonchev–Trinajstić information content (AvgIpc) is 2.62. The summed E-state index contributed by atoms with van der Waals surface area (Å²) in [4.78, 5) is 0. The summed E-state index contributed by atoms with van der Waals surface area (Å²) in [5.74, 6) is 0. The Morgan fingerprint density at radius 2 is 1.46 bits per heavy atom. The third kappa shape index (κ3) is 2.80. The Labute approximate surface area is 79.6 Å². The minimum absolute atomic E-state index is 0.112. The molecule has 2 aliphatic heterocycles. The predicted octanol–water partition coefficient (Wildman–Crippen LogP) is 2.33. The Morgan fingerprint density at radius 1 is 1.00 bits per heavy atom. The van der Waals surface area contributed by atoms with Crippen molar-refractivity contribution in [1.82, 2.24) is 0 Å². The molecular weight excluding hydrogens is 214 g/mol. The maximum atomic E-state index is 5.35. The van der Waals surface area contributed by atoms with E-state index in [4.69, 9.17) is 22.4 Å². The van der Waals surface area contributed by atoms with Crippen LogP contribution in [0.3, 0.4) is 0 Å². The van der Waals surface area contributed by atoms with Crippen LogP contribution >= 0.6 is 17.2 Å². The summed E-state index contributed by atoms with van der Waals surface area (Å²) >= 11 is 0. The Bertz CT molecular complexity index is 162. The molecule has 0 aromatic heterocycles. The monoisotopic (exact) mass is 226 g/mol. The van der Waals surface area contributed by atoms with Crippen LogP contribution in [-0.2, 0) is 22.4 Å². The Balaban J connectivity index is 1.72. The molecule has 0 saturated carbocycles. The molecule has 0 amide bonds.